The van der Waals surface area contributed by atoms with Gasteiger partial charge in [0.05, 0.1) is 11.5 Å². The van der Waals surface area contributed by atoms with E-state index >= 15 is 0 Å². The predicted molar refractivity (Wildman–Crippen MR) is 74.5 cm³/mol. The van der Waals surface area contributed by atoms with Gasteiger partial charge >= 0.3 is 0 Å². The Morgan fingerprint density at radius 2 is 1.83 bits per heavy atom. The molecule has 0 spiro atoms. The molecule has 1 aromatic carbocycles. The van der Waals surface area contributed by atoms with Crippen LogP contribution < -0.4 is 5.32 Å². The third-order valence-electron chi connectivity index (χ3n) is 4.08. The van der Waals surface area contributed by atoms with Crippen molar-refractivity contribution in [3.63, 3.8) is 0 Å². The van der Waals surface area contributed by atoms with Gasteiger partial charge in [-0.2, -0.15) is 5.26 Å². The Morgan fingerprint density at radius 3 is 2.44 bits per heavy atom. The Bertz CT molecular complexity index is 479. The van der Waals surface area contributed by atoms with Crippen LogP contribution in [0.4, 0.5) is 0 Å². The van der Waals surface area contributed by atoms with Crippen LogP contribution >= 0.6 is 0 Å². The molecule has 1 aliphatic carbocycles. The number of hydrogen-bond acceptors (Lipinski definition) is 2. The largest absolute Gasteiger partial charge is 0.315 e. The van der Waals surface area contributed by atoms with E-state index in [0.717, 1.165) is 32.4 Å². The highest BCUT2D eigenvalue weighted by Crippen LogP contribution is 2.43. The summed E-state index contributed by atoms with van der Waals surface area (Å²) in [6.45, 7) is 8.33. The third-order valence-corrected chi connectivity index (χ3v) is 4.08. The molecule has 0 amide bonds. The number of aryl methyl sites for hydroxylation is 3. The average Bonchev–Trinajstić information content (AvgIpc) is 3.11. The second-order valence-electron chi connectivity index (χ2n) is 5.68. The molecule has 0 radical (unpaired) electrons. The molecule has 2 rings (SSSR count). The van der Waals surface area contributed by atoms with E-state index in [1.54, 1.807) is 0 Å². The lowest BCUT2D eigenvalue weighted by Gasteiger charge is -2.11. The standard InChI is InChI=1S/C16H22N2/c1-12-8-14(3)15(9-13(12)2)4-7-18-11-16(10-17)5-6-16/h8-9,18H,4-7,11H2,1-3H3. The molecule has 1 aliphatic rings. The van der Waals surface area contributed by atoms with E-state index in [4.69, 9.17) is 5.26 Å². The second-order valence-corrected chi connectivity index (χ2v) is 5.68. The van der Waals surface area contributed by atoms with Crippen molar-refractivity contribution in [1.82, 2.24) is 5.32 Å². The van der Waals surface area contributed by atoms with Crippen molar-refractivity contribution in [2.45, 2.75) is 40.0 Å². The van der Waals surface area contributed by atoms with Crippen LogP contribution in [0.2, 0.25) is 0 Å². The van der Waals surface area contributed by atoms with Gasteiger partial charge in [-0.15, -0.1) is 0 Å². The van der Waals surface area contributed by atoms with Crippen LogP contribution in [-0.2, 0) is 6.42 Å². The molecular weight excluding hydrogens is 220 g/mol. The fraction of sp³-hybridized carbons (Fsp3) is 0.562. The summed E-state index contributed by atoms with van der Waals surface area (Å²) in [6, 6.07) is 6.98. The summed E-state index contributed by atoms with van der Waals surface area (Å²) < 4.78 is 0. The van der Waals surface area contributed by atoms with E-state index in [1.165, 1.54) is 22.3 Å². The average molecular weight is 242 g/mol. The molecule has 0 heterocycles. The first-order valence-corrected chi connectivity index (χ1v) is 6.75. The summed E-state index contributed by atoms with van der Waals surface area (Å²) in [5.74, 6) is 0. The maximum atomic E-state index is 8.99. The molecule has 1 N–H and O–H groups in total. The van der Waals surface area contributed by atoms with Gasteiger partial charge in [0.1, 0.15) is 0 Å². The normalized spacial score (nSPS) is 16.3. The molecule has 0 aromatic heterocycles. The van der Waals surface area contributed by atoms with Crippen LogP contribution in [0.3, 0.4) is 0 Å². The van der Waals surface area contributed by atoms with Crippen LogP contribution in [0, 0.1) is 37.5 Å². The highest BCUT2D eigenvalue weighted by molar-refractivity contribution is 5.36. The van der Waals surface area contributed by atoms with Crippen molar-refractivity contribution >= 4 is 0 Å². The van der Waals surface area contributed by atoms with Crippen molar-refractivity contribution < 1.29 is 0 Å². The van der Waals surface area contributed by atoms with Crippen molar-refractivity contribution in [3.05, 3.63) is 34.4 Å². The van der Waals surface area contributed by atoms with Crippen LogP contribution in [0.5, 0.6) is 0 Å². The van der Waals surface area contributed by atoms with Gasteiger partial charge < -0.3 is 5.32 Å². The van der Waals surface area contributed by atoms with Crippen molar-refractivity contribution in [1.29, 1.82) is 5.26 Å². The molecule has 1 fully saturated rings. The van der Waals surface area contributed by atoms with E-state index in [9.17, 15) is 0 Å². The van der Waals surface area contributed by atoms with Crippen LogP contribution in [0.25, 0.3) is 0 Å². The minimum absolute atomic E-state index is 0.0295. The molecule has 0 bridgehead atoms. The molecule has 96 valence electrons. The van der Waals surface area contributed by atoms with Gasteiger partial charge in [0.25, 0.3) is 0 Å². The lowest BCUT2D eigenvalue weighted by atomic mass is 9.99. The van der Waals surface area contributed by atoms with Crippen LogP contribution in [0.1, 0.15) is 35.1 Å². The molecule has 0 aliphatic heterocycles. The first kappa shape index (κ1) is 13.1. The van der Waals surface area contributed by atoms with Gasteiger partial charge in [0.15, 0.2) is 0 Å². The molecule has 0 atom stereocenters. The van der Waals surface area contributed by atoms with Gasteiger partial charge in [0.2, 0.25) is 0 Å². The summed E-state index contributed by atoms with van der Waals surface area (Å²) in [5.41, 5.74) is 5.50. The fourth-order valence-corrected chi connectivity index (χ4v) is 2.32. The van der Waals surface area contributed by atoms with E-state index in [-0.39, 0.29) is 5.41 Å². The minimum atomic E-state index is -0.0295. The number of nitrogens with one attached hydrogen (secondary N) is 1. The quantitative estimate of drug-likeness (QED) is 0.806. The molecule has 0 unspecified atom stereocenters. The van der Waals surface area contributed by atoms with E-state index in [2.05, 4.69) is 44.3 Å². The van der Waals surface area contributed by atoms with Crippen LogP contribution in [-0.4, -0.2) is 13.1 Å². The summed E-state index contributed by atoms with van der Waals surface area (Å²) >= 11 is 0. The summed E-state index contributed by atoms with van der Waals surface area (Å²) in [4.78, 5) is 0. The molecule has 0 saturated heterocycles. The van der Waals surface area contributed by atoms with E-state index < -0.39 is 0 Å². The summed E-state index contributed by atoms with van der Waals surface area (Å²) in [7, 11) is 0. The number of nitrogens with zero attached hydrogens (tertiary/aromatic N) is 1. The number of benzene rings is 1. The van der Waals surface area contributed by atoms with Crippen LogP contribution in [0.15, 0.2) is 12.1 Å². The third kappa shape index (κ3) is 2.91. The summed E-state index contributed by atoms with van der Waals surface area (Å²) in [6.07, 6.45) is 3.19. The Kier molecular flexibility index (Phi) is 3.73. The van der Waals surface area contributed by atoms with Gasteiger partial charge in [-0.3, -0.25) is 0 Å². The smallest absolute Gasteiger partial charge is 0.0703 e. The molecule has 2 heteroatoms. The highest BCUT2D eigenvalue weighted by atomic mass is 14.9. The second kappa shape index (κ2) is 5.12. The Labute approximate surface area is 110 Å². The molecule has 1 saturated carbocycles. The monoisotopic (exact) mass is 242 g/mol. The molecule has 18 heavy (non-hydrogen) atoms. The van der Waals surface area contributed by atoms with Crippen molar-refractivity contribution in [2.24, 2.45) is 5.41 Å². The Morgan fingerprint density at radius 1 is 1.17 bits per heavy atom. The van der Waals surface area contributed by atoms with Gasteiger partial charge in [-0.25, -0.2) is 0 Å². The first-order chi connectivity index (χ1) is 8.56. The SMILES string of the molecule is Cc1cc(C)c(CCNCC2(C#N)CC2)cc1C. The predicted octanol–water partition coefficient (Wildman–Crippen LogP) is 3.05. The first-order valence-electron chi connectivity index (χ1n) is 6.75. The van der Waals surface area contributed by atoms with Gasteiger partial charge in [-0.1, -0.05) is 12.1 Å². The fourth-order valence-electron chi connectivity index (χ4n) is 2.32. The number of hydrogen-bond donors (Lipinski definition) is 1. The van der Waals surface area contributed by atoms with E-state index in [0.29, 0.717) is 0 Å². The van der Waals surface area contributed by atoms with Gasteiger partial charge in [0, 0.05) is 6.54 Å². The van der Waals surface area contributed by atoms with Crippen molar-refractivity contribution in [2.75, 3.05) is 13.1 Å². The lowest BCUT2D eigenvalue weighted by molar-refractivity contribution is 0.560. The minimum Gasteiger partial charge on any atom is -0.315 e. The zero-order chi connectivity index (χ0) is 13.2. The maximum Gasteiger partial charge on any atom is 0.0703 e. The topological polar surface area (TPSA) is 35.8 Å². The molecule has 2 nitrogen and oxygen atoms in total. The lowest BCUT2D eigenvalue weighted by Crippen LogP contribution is -2.25. The number of nitriles is 1. The number of rotatable bonds is 5. The molecule has 1 aromatic rings. The van der Waals surface area contributed by atoms with E-state index in [1.807, 2.05) is 0 Å². The van der Waals surface area contributed by atoms with Crippen molar-refractivity contribution in [3.8, 4) is 6.07 Å². The summed E-state index contributed by atoms with van der Waals surface area (Å²) in [5, 5.41) is 12.4. The van der Waals surface area contributed by atoms with Gasteiger partial charge in [-0.05, 0) is 68.8 Å². The Hall–Kier alpha value is -1.33. The maximum absolute atomic E-state index is 8.99. The highest BCUT2D eigenvalue weighted by Gasteiger charge is 2.42. The zero-order valence-corrected chi connectivity index (χ0v) is 11.6. The zero-order valence-electron chi connectivity index (χ0n) is 11.6. The Balaban J connectivity index is 1.84. The molecular formula is C16H22N2.